The monoisotopic (exact) mass is 567 g/mol. The van der Waals surface area contributed by atoms with Gasteiger partial charge in [-0.15, -0.1) is 0 Å². The van der Waals surface area contributed by atoms with E-state index in [1.807, 2.05) is 25.2 Å². The number of hydrogen-bond donors (Lipinski definition) is 4. The van der Waals surface area contributed by atoms with Gasteiger partial charge in [0.25, 0.3) is 0 Å². The number of hydrogen-bond acceptors (Lipinski definition) is 9. The maximum Gasteiger partial charge on any atom is 0.524 e. The number of phosphoric ester groups is 1. The Morgan fingerprint density at radius 2 is 2.00 bits per heavy atom. The van der Waals surface area contributed by atoms with Gasteiger partial charge in [-0.2, -0.15) is 10.1 Å². The molecule has 0 amide bonds. The lowest BCUT2D eigenvalue weighted by atomic mass is 10.0. The summed E-state index contributed by atoms with van der Waals surface area (Å²) in [6, 6.07) is 9.79. The van der Waals surface area contributed by atoms with Crippen molar-refractivity contribution in [2.75, 3.05) is 43.4 Å². The SMILES string of the molecule is C=CC(=O)Cc1cccc(-c2nc(Nc3cc(F)c(N4CCN(C)CC4)c(OP(=O)(O)O)c3)nc3[nH]ncc23)c1. The third kappa shape index (κ3) is 6.18. The quantitative estimate of drug-likeness (QED) is 0.174. The molecule has 3 heterocycles. The zero-order valence-electron chi connectivity index (χ0n) is 21.5. The summed E-state index contributed by atoms with van der Waals surface area (Å²) in [5.74, 6) is -1.07. The van der Waals surface area contributed by atoms with E-state index in [-0.39, 0.29) is 35.3 Å². The molecule has 0 radical (unpaired) electrons. The van der Waals surface area contributed by atoms with Crippen LogP contribution in [0.1, 0.15) is 5.56 Å². The lowest BCUT2D eigenvalue weighted by Gasteiger charge is -2.35. The molecule has 14 heteroatoms. The molecule has 2 aromatic carbocycles. The van der Waals surface area contributed by atoms with Crippen LogP contribution in [0.2, 0.25) is 0 Å². The van der Waals surface area contributed by atoms with E-state index in [2.05, 4.69) is 37.0 Å². The first kappa shape index (κ1) is 27.4. The largest absolute Gasteiger partial charge is 0.524 e. The Kier molecular flexibility index (Phi) is 7.63. The smallest absolute Gasteiger partial charge is 0.402 e. The first-order valence-corrected chi connectivity index (χ1v) is 13.9. The summed E-state index contributed by atoms with van der Waals surface area (Å²) in [7, 11) is -3.06. The lowest BCUT2D eigenvalue weighted by molar-refractivity contribution is -0.114. The van der Waals surface area contributed by atoms with Crippen molar-refractivity contribution in [1.82, 2.24) is 25.1 Å². The normalized spacial score (nSPS) is 14.3. The molecule has 1 fully saturated rings. The van der Waals surface area contributed by atoms with Crippen molar-refractivity contribution in [3.8, 4) is 17.0 Å². The number of benzene rings is 2. The van der Waals surface area contributed by atoms with Crippen LogP contribution < -0.4 is 14.7 Å². The lowest BCUT2D eigenvalue weighted by Crippen LogP contribution is -2.45. The van der Waals surface area contributed by atoms with Crippen LogP contribution in [-0.4, -0.2) is 73.9 Å². The second-order valence-corrected chi connectivity index (χ2v) is 10.5. The number of rotatable bonds is 9. The Balaban J connectivity index is 1.52. The van der Waals surface area contributed by atoms with Crippen LogP contribution in [0.15, 0.2) is 55.3 Å². The Morgan fingerprint density at radius 3 is 2.73 bits per heavy atom. The summed E-state index contributed by atoms with van der Waals surface area (Å²) in [5.41, 5.74) is 2.48. The van der Waals surface area contributed by atoms with Crippen LogP contribution in [0.25, 0.3) is 22.3 Å². The zero-order valence-corrected chi connectivity index (χ0v) is 22.4. The molecule has 0 aliphatic carbocycles. The van der Waals surface area contributed by atoms with Crippen molar-refractivity contribution in [2.45, 2.75) is 6.42 Å². The maximum absolute atomic E-state index is 15.5. The Morgan fingerprint density at radius 1 is 1.23 bits per heavy atom. The minimum absolute atomic E-state index is 0.0292. The highest BCUT2D eigenvalue weighted by molar-refractivity contribution is 7.46. The minimum atomic E-state index is -5.00. The van der Waals surface area contributed by atoms with Crippen molar-refractivity contribution in [3.63, 3.8) is 0 Å². The highest BCUT2D eigenvalue weighted by Gasteiger charge is 2.27. The molecule has 40 heavy (non-hydrogen) atoms. The summed E-state index contributed by atoms with van der Waals surface area (Å²) in [5, 5.41) is 10.4. The summed E-state index contributed by atoms with van der Waals surface area (Å²) in [4.78, 5) is 43.7. The number of halogens is 1. The summed E-state index contributed by atoms with van der Waals surface area (Å²) in [6.45, 7) is 5.73. The van der Waals surface area contributed by atoms with Gasteiger partial charge in [0.1, 0.15) is 5.69 Å². The van der Waals surface area contributed by atoms with Gasteiger partial charge in [0, 0.05) is 49.9 Å². The van der Waals surface area contributed by atoms with Crippen molar-refractivity contribution in [3.05, 3.63) is 66.6 Å². The third-order valence-electron chi connectivity index (χ3n) is 6.44. The molecule has 4 N–H and O–H groups in total. The van der Waals surface area contributed by atoms with Crippen molar-refractivity contribution in [2.24, 2.45) is 0 Å². The highest BCUT2D eigenvalue weighted by atomic mass is 31.2. The fourth-order valence-corrected chi connectivity index (χ4v) is 4.92. The van der Waals surface area contributed by atoms with Crippen LogP contribution in [0.5, 0.6) is 5.75 Å². The first-order chi connectivity index (χ1) is 19.1. The van der Waals surface area contributed by atoms with Gasteiger partial charge in [0.15, 0.2) is 23.0 Å². The minimum Gasteiger partial charge on any atom is -0.402 e. The zero-order chi connectivity index (χ0) is 28.4. The number of phosphoric acid groups is 1. The Hall–Kier alpha value is -4.16. The second-order valence-electron chi connectivity index (χ2n) is 9.38. The summed E-state index contributed by atoms with van der Waals surface area (Å²) >= 11 is 0. The molecule has 0 bridgehead atoms. The number of likely N-dealkylation sites (N-methyl/N-ethyl adjacent to an activating group) is 1. The molecule has 12 nitrogen and oxygen atoms in total. The number of H-pyrrole nitrogens is 1. The van der Waals surface area contributed by atoms with Crippen LogP contribution in [0.4, 0.5) is 21.7 Å². The topological polar surface area (TPSA) is 157 Å². The van der Waals surface area contributed by atoms with Crippen LogP contribution in [-0.2, 0) is 15.8 Å². The average Bonchev–Trinajstić information content (AvgIpc) is 3.37. The molecule has 4 aromatic rings. The van der Waals surface area contributed by atoms with Crippen molar-refractivity contribution in [1.29, 1.82) is 0 Å². The molecule has 1 saturated heterocycles. The van der Waals surface area contributed by atoms with E-state index in [4.69, 9.17) is 4.52 Å². The molecule has 208 valence electrons. The predicted octanol–water partition coefficient (Wildman–Crippen LogP) is 3.42. The molecule has 0 saturated carbocycles. The maximum atomic E-state index is 15.5. The molecule has 1 aliphatic heterocycles. The van der Waals surface area contributed by atoms with Gasteiger partial charge in [-0.25, -0.2) is 13.9 Å². The molecule has 1 aliphatic rings. The van der Waals surface area contributed by atoms with Crippen LogP contribution in [0, 0.1) is 5.82 Å². The van der Waals surface area contributed by atoms with E-state index in [0.717, 1.165) is 5.56 Å². The number of aromatic nitrogens is 4. The van der Waals surface area contributed by atoms with E-state index < -0.39 is 13.6 Å². The number of anilines is 3. The summed E-state index contributed by atoms with van der Waals surface area (Å²) < 4.78 is 32.1. The van der Waals surface area contributed by atoms with Gasteiger partial charge in [-0.3, -0.25) is 19.7 Å². The average molecular weight is 568 g/mol. The molecule has 0 spiro atoms. The number of allylic oxidation sites excluding steroid dienone is 1. The van der Waals surface area contributed by atoms with Gasteiger partial charge in [0.05, 0.1) is 17.3 Å². The van der Waals surface area contributed by atoms with Gasteiger partial charge >= 0.3 is 7.82 Å². The van der Waals surface area contributed by atoms with Gasteiger partial charge < -0.3 is 19.6 Å². The Labute approximate surface area is 228 Å². The fourth-order valence-electron chi connectivity index (χ4n) is 4.52. The molecule has 5 rings (SSSR count). The van der Waals surface area contributed by atoms with Crippen molar-refractivity contribution < 1.29 is 28.1 Å². The predicted molar refractivity (Wildman–Crippen MR) is 148 cm³/mol. The number of aromatic amines is 1. The van der Waals surface area contributed by atoms with E-state index in [9.17, 15) is 19.1 Å². The first-order valence-electron chi connectivity index (χ1n) is 12.3. The number of fused-ring (bicyclic) bond motifs is 1. The number of carbonyl (C=O) groups is 1. The number of piperazine rings is 1. The number of ketones is 1. The van der Waals surface area contributed by atoms with Crippen LogP contribution in [0.3, 0.4) is 0 Å². The van der Waals surface area contributed by atoms with E-state index >= 15 is 4.39 Å². The number of nitrogens with zero attached hydrogens (tertiary/aromatic N) is 5. The fraction of sp³-hybridized carbons (Fsp3) is 0.231. The van der Waals surface area contributed by atoms with Crippen LogP contribution >= 0.6 is 7.82 Å². The second kappa shape index (κ2) is 11.1. The molecular formula is C26H27FN7O5P. The van der Waals surface area contributed by atoms with E-state index in [1.165, 1.54) is 18.2 Å². The van der Waals surface area contributed by atoms with Gasteiger partial charge in [0.2, 0.25) is 5.95 Å². The molecule has 0 unspecified atom stereocenters. The molecular weight excluding hydrogens is 540 g/mol. The van der Waals surface area contributed by atoms with Crippen molar-refractivity contribution >= 4 is 42.0 Å². The standard InChI is InChI=1S/C26H27FN7O5P/c1-3-19(35)12-16-5-4-6-17(11-16)23-20-15-28-32-25(20)31-26(30-23)29-18-13-21(27)24(22(14-18)39-40(36,37)38)34-9-7-33(2)8-10-34/h3-6,11,13-15H,1,7-10,12H2,2H3,(H2,36,37,38)(H2,28,29,30,31,32). The van der Waals surface area contributed by atoms with E-state index in [0.29, 0.717) is 48.5 Å². The van der Waals surface area contributed by atoms with Gasteiger partial charge in [-0.1, -0.05) is 24.8 Å². The number of nitrogens with one attached hydrogen (secondary N) is 2. The van der Waals surface area contributed by atoms with Gasteiger partial charge in [-0.05, 0) is 30.8 Å². The molecule has 2 aromatic heterocycles. The van der Waals surface area contributed by atoms with E-state index in [1.54, 1.807) is 17.2 Å². The Bertz CT molecular complexity index is 1630. The third-order valence-corrected chi connectivity index (χ3v) is 6.87. The molecule has 0 atom stereocenters. The highest BCUT2D eigenvalue weighted by Crippen LogP contribution is 2.45. The summed E-state index contributed by atoms with van der Waals surface area (Å²) in [6.07, 6.45) is 3.03. The number of carbonyl (C=O) groups excluding carboxylic acids is 1.